The number of nitrogens with zero attached hydrogens (tertiary/aromatic N) is 1. The molecule has 0 aliphatic carbocycles. The Morgan fingerprint density at radius 1 is 1.35 bits per heavy atom. The number of benzene rings is 1. The maximum absolute atomic E-state index is 12.5. The number of nitrogens with one attached hydrogen (secondary N) is 1. The van der Waals surface area contributed by atoms with Crippen molar-refractivity contribution in [3.8, 4) is 5.75 Å². The number of anilines is 1. The van der Waals surface area contributed by atoms with Crippen molar-refractivity contribution in [3.63, 3.8) is 0 Å². The Bertz CT molecular complexity index is 862. The molecule has 1 aliphatic heterocycles. The number of aliphatic hydroxyl groups is 1. The van der Waals surface area contributed by atoms with E-state index in [0.29, 0.717) is 0 Å². The van der Waals surface area contributed by atoms with Gasteiger partial charge in [0.15, 0.2) is 0 Å². The molecule has 0 saturated heterocycles. The lowest BCUT2D eigenvalue weighted by molar-refractivity contribution is -0.136. The Labute approximate surface area is 149 Å². The Hall–Kier alpha value is -2.63. The summed E-state index contributed by atoms with van der Waals surface area (Å²) in [7, 11) is -2.11. The molecular formula is C15H18N2O8S. The highest BCUT2D eigenvalue weighted by atomic mass is 32.2. The minimum absolute atomic E-state index is 0.0201. The molecule has 1 heterocycles. The first-order chi connectivity index (χ1) is 12.2. The van der Waals surface area contributed by atoms with Crippen molar-refractivity contribution in [2.75, 3.05) is 39.2 Å². The van der Waals surface area contributed by atoms with E-state index >= 15 is 0 Å². The molecule has 142 valence electrons. The van der Waals surface area contributed by atoms with Crippen molar-refractivity contribution < 1.29 is 37.1 Å². The second-order valence-corrected chi connectivity index (χ2v) is 6.65. The normalized spacial score (nSPS) is 14.6. The number of carbonyl (C=O) groups is 2. The van der Waals surface area contributed by atoms with Crippen LogP contribution in [0.3, 0.4) is 0 Å². The lowest BCUT2D eigenvalue weighted by atomic mass is 10.2. The summed E-state index contributed by atoms with van der Waals surface area (Å²) >= 11 is 0. The average Bonchev–Trinajstić information content (AvgIpc) is 2.90. The Kier molecular flexibility index (Phi) is 5.85. The minimum atomic E-state index is -4.61. The summed E-state index contributed by atoms with van der Waals surface area (Å²) in [6.45, 7) is -0.448. The standard InChI is InChI=1S/C15H18N2O8S/c1-24-9-3-4-12(26(21,22)23)11(7-9)16-13-10(15(20)25-2)8-17(5-6-18)14(13)19/h3-4,7,16,18H,5-6,8H2,1-2H3,(H,21,22,23). The number of methoxy groups -OCH3 is 2. The summed E-state index contributed by atoms with van der Waals surface area (Å²) in [5.41, 5.74) is -0.388. The maximum Gasteiger partial charge on any atom is 0.337 e. The summed E-state index contributed by atoms with van der Waals surface area (Å²) in [5, 5.41) is 11.6. The number of ether oxygens (including phenoxy) is 2. The van der Waals surface area contributed by atoms with Gasteiger partial charge in [-0.05, 0) is 12.1 Å². The van der Waals surface area contributed by atoms with E-state index < -0.39 is 26.9 Å². The first-order valence-corrected chi connectivity index (χ1v) is 8.81. The SMILES string of the molecule is COC(=O)C1=C(Nc2cc(OC)ccc2S(=O)(=O)O)C(=O)N(CCO)C1. The number of amides is 1. The van der Waals surface area contributed by atoms with Crippen molar-refractivity contribution in [1.82, 2.24) is 4.90 Å². The maximum atomic E-state index is 12.5. The summed E-state index contributed by atoms with van der Waals surface area (Å²) in [5.74, 6) is -1.14. The van der Waals surface area contributed by atoms with Crippen LogP contribution in [0.1, 0.15) is 0 Å². The molecular weight excluding hydrogens is 368 g/mol. The van der Waals surface area contributed by atoms with Crippen LogP contribution in [0.15, 0.2) is 34.4 Å². The zero-order valence-electron chi connectivity index (χ0n) is 14.1. The van der Waals surface area contributed by atoms with Gasteiger partial charge in [-0.15, -0.1) is 0 Å². The summed E-state index contributed by atoms with van der Waals surface area (Å²) < 4.78 is 42.2. The molecule has 0 aromatic heterocycles. The van der Waals surface area contributed by atoms with Gasteiger partial charge in [-0.25, -0.2) is 4.79 Å². The van der Waals surface area contributed by atoms with E-state index in [4.69, 9.17) is 9.84 Å². The molecule has 0 fully saturated rings. The predicted molar refractivity (Wildman–Crippen MR) is 89.1 cm³/mol. The highest BCUT2D eigenvalue weighted by Crippen LogP contribution is 2.30. The number of carbonyl (C=O) groups excluding carboxylic acids is 2. The number of hydrogen-bond acceptors (Lipinski definition) is 8. The van der Waals surface area contributed by atoms with Crippen LogP contribution >= 0.6 is 0 Å². The summed E-state index contributed by atoms with van der Waals surface area (Å²) in [4.78, 5) is 25.2. The Balaban J connectivity index is 2.53. The lowest BCUT2D eigenvalue weighted by Gasteiger charge is -2.16. The van der Waals surface area contributed by atoms with Gasteiger partial charge in [-0.3, -0.25) is 9.35 Å². The van der Waals surface area contributed by atoms with Gasteiger partial charge in [0.05, 0.1) is 38.6 Å². The predicted octanol–water partition coefficient (Wildman–Crippen LogP) is -0.385. The van der Waals surface area contributed by atoms with Gasteiger partial charge in [-0.2, -0.15) is 8.42 Å². The van der Waals surface area contributed by atoms with Gasteiger partial charge in [0, 0.05) is 12.6 Å². The average molecular weight is 386 g/mol. The molecule has 1 amide bonds. The van der Waals surface area contributed by atoms with Crippen LogP contribution in [0, 0.1) is 0 Å². The summed E-state index contributed by atoms with van der Waals surface area (Å²) in [6.07, 6.45) is 0. The largest absolute Gasteiger partial charge is 0.497 e. The fraction of sp³-hybridized carbons (Fsp3) is 0.333. The first kappa shape index (κ1) is 19.7. The smallest absolute Gasteiger partial charge is 0.337 e. The van der Waals surface area contributed by atoms with Crippen LogP contribution in [0.2, 0.25) is 0 Å². The fourth-order valence-electron chi connectivity index (χ4n) is 2.44. The lowest BCUT2D eigenvalue weighted by Crippen LogP contribution is -2.31. The number of β-amino-alcohol motifs (C(OH)–C–C–N with tert-alkyl or cyclic N) is 1. The van der Waals surface area contributed by atoms with E-state index in [1.165, 1.54) is 24.1 Å². The third kappa shape index (κ3) is 3.95. The molecule has 1 aromatic carbocycles. The molecule has 0 unspecified atom stereocenters. The fourth-order valence-corrected chi connectivity index (χ4v) is 3.07. The van der Waals surface area contributed by atoms with Crippen molar-refractivity contribution in [1.29, 1.82) is 0 Å². The van der Waals surface area contributed by atoms with Crippen LogP contribution in [0.5, 0.6) is 5.75 Å². The molecule has 2 rings (SSSR count). The zero-order chi connectivity index (χ0) is 19.5. The molecule has 26 heavy (non-hydrogen) atoms. The third-order valence-electron chi connectivity index (χ3n) is 3.68. The molecule has 0 saturated carbocycles. The van der Waals surface area contributed by atoms with E-state index in [0.717, 1.165) is 13.2 Å². The number of aliphatic hydroxyl groups excluding tert-OH is 1. The molecule has 1 aromatic rings. The van der Waals surface area contributed by atoms with E-state index in [-0.39, 0.29) is 42.4 Å². The van der Waals surface area contributed by atoms with E-state index in [1.54, 1.807) is 0 Å². The minimum Gasteiger partial charge on any atom is -0.497 e. The van der Waals surface area contributed by atoms with E-state index in [9.17, 15) is 22.6 Å². The van der Waals surface area contributed by atoms with Crippen LogP contribution in [0.25, 0.3) is 0 Å². The van der Waals surface area contributed by atoms with E-state index in [1.807, 2.05) is 0 Å². The molecule has 0 atom stereocenters. The van der Waals surface area contributed by atoms with Gasteiger partial charge in [0.2, 0.25) is 0 Å². The van der Waals surface area contributed by atoms with Gasteiger partial charge < -0.3 is 24.8 Å². The highest BCUT2D eigenvalue weighted by molar-refractivity contribution is 7.86. The second-order valence-electron chi connectivity index (χ2n) is 5.26. The molecule has 1 aliphatic rings. The third-order valence-corrected chi connectivity index (χ3v) is 4.59. The van der Waals surface area contributed by atoms with Crippen molar-refractivity contribution in [2.45, 2.75) is 4.90 Å². The van der Waals surface area contributed by atoms with Crippen molar-refractivity contribution in [2.24, 2.45) is 0 Å². The number of rotatable bonds is 7. The molecule has 10 nitrogen and oxygen atoms in total. The van der Waals surface area contributed by atoms with Crippen LogP contribution in [-0.2, 0) is 24.4 Å². The molecule has 0 spiro atoms. The van der Waals surface area contributed by atoms with Gasteiger partial charge in [0.25, 0.3) is 16.0 Å². The zero-order valence-corrected chi connectivity index (χ0v) is 14.9. The molecule has 11 heteroatoms. The van der Waals surface area contributed by atoms with Crippen LogP contribution in [0.4, 0.5) is 5.69 Å². The van der Waals surface area contributed by atoms with Crippen LogP contribution < -0.4 is 10.1 Å². The molecule has 0 bridgehead atoms. The van der Waals surface area contributed by atoms with Gasteiger partial charge in [-0.1, -0.05) is 0 Å². The first-order valence-electron chi connectivity index (χ1n) is 7.37. The van der Waals surface area contributed by atoms with Gasteiger partial charge in [0.1, 0.15) is 16.3 Å². The number of hydrogen-bond donors (Lipinski definition) is 3. The second kappa shape index (κ2) is 7.72. The monoisotopic (exact) mass is 386 g/mol. The Morgan fingerprint density at radius 3 is 2.58 bits per heavy atom. The van der Waals surface area contributed by atoms with E-state index in [2.05, 4.69) is 10.1 Å². The van der Waals surface area contributed by atoms with Gasteiger partial charge >= 0.3 is 5.97 Å². The molecule has 3 N–H and O–H groups in total. The summed E-state index contributed by atoms with van der Waals surface area (Å²) in [6, 6.07) is 3.67. The van der Waals surface area contributed by atoms with Crippen molar-refractivity contribution >= 4 is 27.7 Å². The number of esters is 1. The highest BCUT2D eigenvalue weighted by Gasteiger charge is 2.35. The topological polar surface area (TPSA) is 142 Å². The molecule has 0 radical (unpaired) electrons. The quantitative estimate of drug-likeness (QED) is 0.422. The Morgan fingerprint density at radius 2 is 2.04 bits per heavy atom. The van der Waals surface area contributed by atoms with Crippen LogP contribution in [-0.4, -0.2) is 68.8 Å². The van der Waals surface area contributed by atoms with Crippen molar-refractivity contribution in [3.05, 3.63) is 29.5 Å².